The van der Waals surface area contributed by atoms with E-state index in [4.69, 9.17) is 0 Å². The highest BCUT2D eigenvalue weighted by atomic mass is 32.2. The van der Waals surface area contributed by atoms with Crippen molar-refractivity contribution in [1.29, 1.82) is 0 Å². The number of rotatable bonds is 4. The van der Waals surface area contributed by atoms with Gasteiger partial charge in [-0.05, 0) is 31.8 Å². The van der Waals surface area contributed by atoms with E-state index in [2.05, 4.69) is 15.0 Å². The molecular weight excluding hydrogens is 270 g/mol. The lowest BCUT2D eigenvalue weighted by Crippen LogP contribution is -2.38. The molecule has 2 N–H and O–H groups in total. The van der Waals surface area contributed by atoms with E-state index in [1.807, 2.05) is 19.2 Å². The van der Waals surface area contributed by atoms with Crippen molar-refractivity contribution >= 4 is 26.5 Å². The van der Waals surface area contributed by atoms with Crippen molar-refractivity contribution < 1.29 is 8.42 Å². The Morgan fingerprint density at radius 1 is 1.44 bits per heavy atom. The molecule has 0 radical (unpaired) electrons. The molecule has 2 heterocycles. The van der Waals surface area contributed by atoms with Gasteiger partial charge in [-0.25, -0.2) is 13.4 Å². The predicted molar refractivity (Wildman–Crippen MR) is 74.6 cm³/mol. The van der Waals surface area contributed by atoms with Gasteiger partial charge < -0.3 is 5.32 Å². The smallest absolute Gasteiger partial charge is 0.237 e. The van der Waals surface area contributed by atoms with Gasteiger partial charge in [-0.3, -0.25) is 4.72 Å². The third-order valence-electron chi connectivity index (χ3n) is 3.07. The molecule has 1 saturated heterocycles. The highest BCUT2D eigenvalue weighted by molar-refractivity contribution is 7.93. The topological polar surface area (TPSA) is 71.1 Å². The normalized spacial score (nSPS) is 18.2. The van der Waals surface area contributed by atoms with Crippen molar-refractivity contribution in [3.05, 3.63) is 11.1 Å². The molecule has 0 spiro atoms. The molecule has 1 fully saturated rings. The van der Waals surface area contributed by atoms with Crippen LogP contribution in [0.4, 0.5) is 5.13 Å². The number of nitrogens with zero attached hydrogens (tertiary/aromatic N) is 1. The lowest BCUT2D eigenvalue weighted by molar-refractivity contribution is 0.499. The molecular formula is C11H19N3O2S2. The third kappa shape index (κ3) is 3.21. The van der Waals surface area contributed by atoms with E-state index < -0.39 is 10.0 Å². The molecule has 1 aromatic rings. The van der Waals surface area contributed by atoms with Crippen LogP contribution >= 0.6 is 11.3 Å². The Morgan fingerprint density at radius 2 is 2.11 bits per heavy atom. The molecule has 5 nitrogen and oxygen atoms in total. The second-order valence-corrected chi connectivity index (χ2v) is 7.65. The average Bonchev–Trinajstić information content (AvgIpc) is 2.78. The first kappa shape index (κ1) is 13.8. The van der Waals surface area contributed by atoms with E-state index in [0.29, 0.717) is 23.9 Å². The molecule has 7 heteroatoms. The number of thiazole rings is 1. The van der Waals surface area contributed by atoms with Gasteiger partial charge in [0.15, 0.2) is 5.13 Å². The summed E-state index contributed by atoms with van der Waals surface area (Å²) in [7, 11) is -3.29. The molecule has 1 aliphatic heterocycles. The minimum absolute atomic E-state index is 0.301. The summed E-state index contributed by atoms with van der Waals surface area (Å²) < 4.78 is 26.9. The molecule has 18 heavy (non-hydrogen) atoms. The van der Waals surface area contributed by atoms with Crippen LogP contribution in [0.2, 0.25) is 0 Å². The SMILES string of the molecule is CC(C)c1csc(NS(=O)(=O)C2CCNCC2)n1. The predicted octanol–water partition coefficient (Wildman–Crippen LogP) is 1.76. The molecule has 0 amide bonds. The Hall–Kier alpha value is -0.660. The van der Waals surface area contributed by atoms with Crippen molar-refractivity contribution in [1.82, 2.24) is 10.3 Å². The maximum absolute atomic E-state index is 12.2. The summed E-state index contributed by atoms with van der Waals surface area (Å²) in [4.78, 5) is 4.30. The van der Waals surface area contributed by atoms with Crippen molar-refractivity contribution in [2.45, 2.75) is 37.9 Å². The van der Waals surface area contributed by atoms with E-state index in [1.165, 1.54) is 11.3 Å². The lowest BCUT2D eigenvalue weighted by atomic mass is 10.2. The fourth-order valence-corrected chi connectivity index (χ4v) is 4.48. The summed E-state index contributed by atoms with van der Waals surface area (Å²) in [6, 6.07) is 0. The Bertz CT molecular complexity index is 490. The van der Waals surface area contributed by atoms with E-state index in [9.17, 15) is 8.42 Å². The van der Waals surface area contributed by atoms with Crippen LogP contribution in [-0.4, -0.2) is 31.7 Å². The highest BCUT2D eigenvalue weighted by Crippen LogP contribution is 2.24. The molecule has 0 bridgehead atoms. The van der Waals surface area contributed by atoms with E-state index >= 15 is 0 Å². The number of sulfonamides is 1. The van der Waals surface area contributed by atoms with Gasteiger partial charge in [0.05, 0.1) is 10.9 Å². The Morgan fingerprint density at radius 3 is 2.67 bits per heavy atom. The molecule has 0 saturated carbocycles. The standard InChI is InChI=1S/C11H19N3O2S2/c1-8(2)10-7-17-11(13-10)14-18(15,16)9-3-5-12-6-4-9/h7-9,12H,3-6H2,1-2H3,(H,13,14). The average molecular weight is 289 g/mol. The second-order valence-electron chi connectivity index (χ2n) is 4.83. The Labute approximate surface area is 112 Å². The number of aromatic nitrogens is 1. The van der Waals surface area contributed by atoms with Crippen molar-refractivity contribution in [2.75, 3.05) is 17.8 Å². The van der Waals surface area contributed by atoms with Crippen molar-refractivity contribution in [2.24, 2.45) is 0 Å². The Kier molecular flexibility index (Phi) is 4.24. The molecule has 102 valence electrons. The summed E-state index contributed by atoms with van der Waals surface area (Å²) in [5.74, 6) is 0.318. The zero-order chi connectivity index (χ0) is 13.2. The first-order valence-electron chi connectivity index (χ1n) is 6.17. The molecule has 0 atom stereocenters. The maximum atomic E-state index is 12.2. The number of hydrogen-bond acceptors (Lipinski definition) is 5. The van der Waals surface area contributed by atoms with Crippen LogP contribution in [0.5, 0.6) is 0 Å². The number of nitrogens with one attached hydrogen (secondary N) is 2. The number of hydrogen-bond donors (Lipinski definition) is 2. The van der Waals surface area contributed by atoms with Gasteiger partial charge in [0.2, 0.25) is 10.0 Å². The van der Waals surface area contributed by atoms with E-state index in [1.54, 1.807) is 0 Å². The number of piperidine rings is 1. The monoisotopic (exact) mass is 289 g/mol. The van der Waals surface area contributed by atoms with E-state index in [0.717, 1.165) is 18.8 Å². The molecule has 1 aromatic heterocycles. The fourth-order valence-electron chi connectivity index (χ4n) is 1.91. The summed E-state index contributed by atoms with van der Waals surface area (Å²) >= 11 is 1.35. The molecule has 2 rings (SSSR count). The van der Waals surface area contributed by atoms with Gasteiger partial charge >= 0.3 is 0 Å². The van der Waals surface area contributed by atoms with Crippen LogP contribution in [0.15, 0.2) is 5.38 Å². The highest BCUT2D eigenvalue weighted by Gasteiger charge is 2.27. The molecule has 0 unspecified atom stereocenters. The zero-order valence-electron chi connectivity index (χ0n) is 10.6. The van der Waals surface area contributed by atoms with Crippen molar-refractivity contribution in [3.8, 4) is 0 Å². The van der Waals surface area contributed by atoms with Crippen molar-refractivity contribution in [3.63, 3.8) is 0 Å². The zero-order valence-corrected chi connectivity index (χ0v) is 12.3. The van der Waals surface area contributed by atoms with Gasteiger partial charge in [0.25, 0.3) is 0 Å². The lowest BCUT2D eigenvalue weighted by Gasteiger charge is -2.22. The molecule has 0 aromatic carbocycles. The van der Waals surface area contributed by atoms with Crippen LogP contribution in [0, 0.1) is 0 Å². The van der Waals surface area contributed by atoms with Crippen LogP contribution in [-0.2, 0) is 10.0 Å². The van der Waals surface area contributed by atoms with E-state index in [-0.39, 0.29) is 5.25 Å². The summed E-state index contributed by atoms with van der Waals surface area (Å²) in [6.07, 6.45) is 1.33. The number of anilines is 1. The Balaban J connectivity index is 2.06. The molecule has 0 aliphatic carbocycles. The first-order chi connectivity index (χ1) is 8.49. The third-order valence-corrected chi connectivity index (χ3v) is 5.80. The minimum Gasteiger partial charge on any atom is -0.317 e. The van der Waals surface area contributed by atoms with Crippen LogP contribution in [0.25, 0.3) is 0 Å². The largest absolute Gasteiger partial charge is 0.317 e. The van der Waals surface area contributed by atoms with Gasteiger partial charge in [0, 0.05) is 5.38 Å². The van der Waals surface area contributed by atoms with Gasteiger partial charge in [-0.15, -0.1) is 11.3 Å². The van der Waals surface area contributed by atoms with Gasteiger partial charge in [-0.1, -0.05) is 13.8 Å². The summed E-state index contributed by atoms with van der Waals surface area (Å²) in [6.45, 7) is 5.61. The summed E-state index contributed by atoms with van der Waals surface area (Å²) in [5.41, 5.74) is 0.933. The van der Waals surface area contributed by atoms with Gasteiger partial charge in [-0.2, -0.15) is 0 Å². The minimum atomic E-state index is -3.29. The van der Waals surface area contributed by atoms with Crippen LogP contribution in [0.1, 0.15) is 38.3 Å². The summed E-state index contributed by atoms with van der Waals surface area (Å²) in [5, 5.41) is 5.25. The maximum Gasteiger partial charge on any atom is 0.237 e. The van der Waals surface area contributed by atoms with Gasteiger partial charge in [0.1, 0.15) is 0 Å². The van der Waals surface area contributed by atoms with Crippen LogP contribution in [0.3, 0.4) is 0 Å². The van der Waals surface area contributed by atoms with Crippen LogP contribution < -0.4 is 10.0 Å². The second kappa shape index (κ2) is 5.54. The quantitative estimate of drug-likeness (QED) is 0.886. The first-order valence-corrected chi connectivity index (χ1v) is 8.59. The molecule has 1 aliphatic rings. The fraction of sp³-hybridized carbons (Fsp3) is 0.727.